The fourth-order valence-electron chi connectivity index (χ4n) is 3.50. The Morgan fingerprint density at radius 2 is 1.75 bits per heavy atom. The Labute approximate surface area is 163 Å². The van der Waals surface area contributed by atoms with E-state index in [0.717, 1.165) is 32.8 Å². The van der Waals surface area contributed by atoms with Crippen molar-refractivity contribution >= 4 is 17.3 Å². The molecule has 0 saturated carbocycles. The predicted octanol–water partition coefficient (Wildman–Crippen LogP) is -0.131. The number of morpholine rings is 2. The number of amides is 2. The maximum Gasteiger partial charge on any atom is 0.287 e. The molecule has 28 heavy (non-hydrogen) atoms. The molecule has 9 nitrogen and oxygen atoms in total. The lowest BCUT2D eigenvalue weighted by atomic mass is 10.3. The number of aromatic nitrogens is 2. The minimum atomic E-state index is -0.282. The molecular weight excluding hydrogens is 362 g/mol. The van der Waals surface area contributed by atoms with Crippen LogP contribution in [0.4, 0.5) is 0 Å². The summed E-state index contributed by atoms with van der Waals surface area (Å²) in [5.41, 5.74) is 0.943. The SMILES string of the molecule is O=C(NCCN1CCOCC1)c1nc(C(=O)N2CCOCC2)c2ccccn12. The summed E-state index contributed by atoms with van der Waals surface area (Å²) in [6, 6.07) is 5.47. The predicted molar refractivity (Wildman–Crippen MR) is 102 cm³/mol. The van der Waals surface area contributed by atoms with Crippen molar-refractivity contribution in [2.45, 2.75) is 0 Å². The second-order valence-corrected chi connectivity index (χ2v) is 6.85. The quantitative estimate of drug-likeness (QED) is 0.769. The van der Waals surface area contributed by atoms with Crippen LogP contribution in [0.15, 0.2) is 24.4 Å². The van der Waals surface area contributed by atoms with Gasteiger partial charge in [-0.3, -0.25) is 18.9 Å². The topological polar surface area (TPSA) is 88.4 Å². The van der Waals surface area contributed by atoms with Crippen molar-refractivity contribution in [1.82, 2.24) is 24.5 Å². The molecule has 2 saturated heterocycles. The Kier molecular flexibility index (Phi) is 5.84. The number of ether oxygens (including phenoxy) is 2. The number of carbonyl (C=O) groups is 2. The zero-order chi connectivity index (χ0) is 19.3. The molecule has 2 aliphatic heterocycles. The molecule has 0 atom stereocenters. The molecule has 150 valence electrons. The van der Waals surface area contributed by atoms with Crippen LogP contribution in [-0.2, 0) is 9.47 Å². The van der Waals surface area contributed by atoms with Gasteiger partial charge in [-0.15, -0.1) is 0 Å². The van der Waals surface area contributed by atoms with E-state index in [1.54, 1.807) is 15.5 Å². The van der Waals surface area contributed by atoms with Gasteiger partial charge in [-0.1, -0.05) is 6.07 Å². The average Bonchev–Trinajstić information content (AvgIpc) is 3.14. The third kappa shape index (κ3) is 4.01. The van der Waals surface area contributed by atoms with Gasteiger partial charge < -0.3 is 19.7 Å². The average molecular weight is 387 g/mol. The molecule has 2 amide bonds. The first-order valence-corrected chi connectivity index (χ1v) is 9.66. The van der Waals surface area contributed by atoms with Crippen molar-refractivity contribution in [3.05, 3.63) is 35.9 Å². The first-order chi connectivity index (χ1) is 13.7. The van der Waals surface area contributed by atoms with Crippen molar-refractivity contribution in [2.24, 2.45) is 0 Å². The maximum atomic E-state index is 12.9. The molecule has 4 heterocycles. The molecule has 0 spiro atoms. The van der Waals surface area contributed by atoms with Gasteiger partial charge in [0, 0.05) is 45.5 Å². The molecule has 1 N–H and O–H groups in total. The zero-order valence-electron chi connectivity index (χ0n) is 15.8. The monoisotopic (exact) mass is 387 g/mol. The first kappa shape index (κ1) is 18.9. The van der Waals surface area contributed by atoms with E-state index >= 15 is 0 Å². The highest BCUT2D eigenvalue weighted by Gasteiger charge is 2.26. The number of hydrogen-bond donors (Lipinski definition) is 1. The number of nitrogens with one attached hydrogen (secondary N) is 1. The van der Waals surface area contributed by atoms with Crippen LogP contribution in [0.3, 0.4) is 0 Å². The zero-order valence-corrected chi connectivity index (χ0v) is 15.8. The summed E-state index contributed by atoms with van der Waals surface area (Å²) >= 11 is 0. The van der Waals surface area contributed by atoms with Gasteiger partial charge in [0.15, 0.2) is 5.69 Å². The van der Waals surface area contributed by atoms with E-state index in [4.69, 9.17) is 9.47 Å². The summed E-state index contributed by atoms with van der Waals surface area (Å²) in [6.07, 6.45) is 1.76. The smallest absolute Gasteiger partial charge is 0.287 e. The maximum absolute atomic E-state index is 12.9. The first-order valence-electron chi connectivity index (χ1n) is 9.66. The lowest BCUT2D eigenvalue weighted by molar-refractivity contribution is 0.0300. The molecule has 2 aliphatic rings. The minimum Gasteiger partial charge on any atom is -0.379 e. The van der Waals surface area contributed by atoms with Gasteiger partial charge >= 0.3 is 0 Å². The van der Waals surface area contributed by atoms with Gasteiger partial charge in [-0.05, 0) is 12.1 Å². The molecule has 0 unspecified atom stereocenters. The van der Waals surface area contributed by atoms with E-state index in [1.807, 2.05) is 18.2 Å². The Morgan fingerprint density at radius 3 is 2.50 bits per heavy atom. The molecular formula is C19H25N5O4. The summed E-state index contributed by atoms with van der Waals surface area (Å²) in [6.45, 7) is 6.60. The van der Waals surface area contributed by atoms with Gasteiger partial charge in [-0.25, -0.2) is 4.98 Å². The fourth-order valence-corrected chi connectivity index (χ4v) is 3.50. The van der Waals surface area contributed by atoms with Crippen LogP contribution in [0.5, 0.6) is 0 Å². The van der Waals surface area contributed by atoms with E-state index in [9.17, 15) is 9.59 Å². The second-order valence-electron chi connectivity index (χ2n) is 6.85. The van der Waals surface area contributed by atoms with Gasteiger partial charge in [0.1, 0.15) is 0 Å². The summed E-state index contributed by atoms with van der Waals surface area (Å²) < 4.78 is 12.3. The molecule has 2 aromatic rings. The van der Waals surface area contributed by atoms with Crippen LogP contribution in [0.25, 0.3) is 5.52 Å². The van der Waals surface area contributed by atoms with Gasteiger partial charge in [-0.2, -0.15) is 0 Å². The Bertz CT molecular complexity index is 840. The highest BCUT2D eigenvalue weighted by molar-refractivity contribution is 6.02. The molecule has 0 radical (unpaired) electrons. The summed E-state index contributed by atoms with van der Waals surface area (Å²) in [4.78, 5) is 34.0. The van der Waals surface area contributed by atoms with E-state index < -0.39 is 0 Å². The fraction of sp³-hybridized carbons (Fsp3) is 0.526. The standard InChI is InChI=1S/C19H25N5O4/c25-18(20-4-6-22-7-11-27-12-8-22)17-21-16(15-3-1-2-5-24(15)17)19(26)23-9-13-28-14-10-23/h1-3,5H,4,6-14H2,(H,20,25). The number of fused-ring (bicyclic) bond motifs is 1. The summed E-state index contributed by atoms with van der Waals surface area (Å²) in [7, 11) is 0. The molecule has 2 aromatic heterocycles. The Morgan fingerprint density at radius 1 is 1.04 bits per heavy atom. The Balaban J connectivity index is 1.48. The van der Waals surface area contributed by atoms with Crippen LogP contribution in [0.1, 0.15) is 21.1 Å². The third-order valence-corrected chi connectivity index (χ3v) is 5.07. The molecule has 0 bridgehead atoms. The number of nitrogens with zero attached hydrogens (tertiary/aromatic N) is 4. The van der Waals surface area contributed by atoms with E-state index in [2.05, 4.69) is 15.2 Å². The normalized spacial score (nSPS) is 18.4. The van der Waals surface area contributed by atoms with Crippen LogP contribution >= 0.6 is 0 Å². The third-order valence-electron chi connectivity index (χ3n) is 5.07. The molecule has 0 aromatic carbocycles. The summed E-state index contributed by atoms with van der Waals surface area (Å²) in [5, 5.41) is 2.92. The minimum absolute atomic E-state index is 0.167. The number of pyridine rings is 1. The van der Waals surface area contributed by atoms with E-state index in [0.29, 0.717) is 44.1 Å². The summed E-state index contributed by atoms with van der Waals surface area (Å²) in [5.74, 6) is -0.218. The molecule has 2 fully saturated rings. The van der Waals surface area contributed by atoms with Crippen LogP contribution in [0.2, 0.25) is 0 Å². The number of hydrogen-bond acceptors (Lipinski definition) is 6. The number of imidazole rings is 1. The highest BCUT2D eigenvalue weighted by atomic mass is 16.5. The second kappa shape index (κ2) is 8.68. The van der Waals surface area contributed by atoms with Gasteiger partial charge in [0.05, 0.1) is 31.9 Å². The largest absolute Gasteiger partial charge is 0.379 e. The molecule has 4 rings (SSSR count). The van der Waals surface area contributed by atoms with Crippen LogP contribution < -0.4 is 5.32 Å². The van der Waals surface area contributed by atoms with Crippen molar-refractivity contribution in [1.29, 1.82) is 0 Å². The number of carbonyl (C=O) groups excluding carboxylic acids is 2. The van der Waals surface area contributed by atoms with E-state index in [-0.39, 0.29) is 17.6 Å². The number of rotatable bonds is 5. The molecule has 0 aliphatic carbocycles. The van der Waals surface area contributed by atoms with Crippen molar-refractivity contribution in [3.63, 3.8) is 0 Å². The Hall–Kier alpha value is -2.49. The lowest BCUT2D eigenvalue weighted by Crippen LogP contribution is -2.41. The van der Waals surface area contributed by atoms with Crippen LogP contribution in [-0.4, -0.2) is 96.7 Å². The van der Waals surface area contributed by atoms with Gasteiger partial charge in [0.2, 0.25) is 5.82 Å². The van der Waals surface area contributed by atoms with Crippen molar-refractivity contribution in [3.8, 4) is 0 Å². The van der Waals surface area contributed by atoms with Crippen molar-refractivity contribution in [2.75, 3.05) is 65.7 Å². The highest BCUT2D eigenvalue weighted by Crippen LogP contribution is 2.16. The van der Waals surface area contributed by atoms with Crippen LogP contribution in [0, 0.1) is 0 Å². The lowest BCUT2D eigenvalue weighted by Gasteiger charge is -2.26. The van der Waals surface area contributed by atoms with Crippen molar-refractivity contribution < 1.29 is 19.1 Å². The van der Waals surface area contributed by atoms with Gasteiger partial charge in [0.25, 0.3) is 11.8 Å². The molecule has 9 heteroatoms. The van der Waals surface area contributed by atoms with E-state index in [1.165, 1.54) is 0 Å².